The summed E-state index contributed by atoms with van der Waals surface area (Å²) in [6, 6.07) is 1.11. The molecule has 3 saturated carbocycles. The average molecular weight is 361 g/mol. The number of nitrogens with zero attached hydrogens (tertiary/aromatic N) is 4. The van der Waals surface area contributed by atoms with Crippen LogP contribution in [-0.2, 0) is 4.79 Å². The van der Waals surface area contributed by atoms with Crippen LogP contribution >= 0.6 is 11.8 Å². The van der Waals surface area contributed by atoms with E-state index in [1.165, 1.54) is 70.0 Å². The standard InChI is InChI=1S/C19H28N4OS/c24-17(22-11-3-5-13-4-1-2-6-16(13)22)12-25-19-21-20-18(14-7-8-14)23(19)15-9-10-15/h13-16H,1-12H2/t13-,16-/m0/s1. The molecule has 5 nitrogen and oxygen atoms in total. The quantitative estimate of drug-likeness (QED) is 0.750. The molecule has 2 atom stereocenters. The van der Waals surface area contributed by atoms with E-state index in [0.717, 1.165) is 17.6 Å². The molecule has 1 saturated heterocycles. The van der Waals surface area contributed by atoms with Crippen LogP contribution in [0, 0.1) is 5.92 Å². The summed E-state index contributed by atoms with van der Waals surface area (Å²) in [4.78, 5) is 15.1. The highest BCUT2D eigenvalue weighted by atomic mass is 32.2. The molecule has 0 N–H and O–H groups in total. The number of thioether (sulfide) groups is 1. The zero-order valence-corrected chi connectivity index (χ0v) is 15.7. The van der Waals surface area contributed by atoms with Gasteiger partial charge in [0.2, 0.25) is 5.91 Å². The van der Waals surface area contributed by atoms with E-state index in [1.54, 1.807) is 11.8 Å². The zero-order chi connectivity index (χ0) is 16.8. The van der Waals surface area contributed by atoms with Gasteiger partial charge in [0.25, 0.3) is 0 Å². The van der Waals surface area contributed by atoms with Crippen LogP contribution in [0.25, 0.3) is 0 Å². The molecule has 1 aliphatic heterocycles. The smallest absolute Gasteiger partial charge is 0.233 e. The first kappa shape index (κ1) is 16.2. The third-order valence-electron chi connectivity index (χ3n) is 6.43. The maximum Gasteiger partial charge on any atom is 0.233 e. The van der Waals surface area contributed by atoms with Crippen molar-refractivity contribution in [1.82, 2.24) is 19.7 Å². The highest BCUT2D eigenvalue weighted by Gasteiger charge is 2.38. The van der Waals surface area contributed by atoms with Crippen molar-refractivity contribution < 1.29 is 4.79 Å². The summed E-state index contributed by atoms with van der Waals surface area (Å²) >= 11 is 1.62. The first-order valence-corrected chi connectivity index (χ1v) is 11.2. The third-order valence-corrected chi connectivity index (χ3v) is 7.36. The van der Waals surface area contributed by atoms with Crippen LogP contribution < -0.4 is 0 Å². The number of hydrogen-bond donors (Lipinski definition) is 0. The van der Waals surface area contributed by atoms with Gasteiger partial charge >= 0.3 is 0 Å². The molecule has 0 radical (unpaired) electrons. The lowest BCUT2D eigenvalue weighted by molar-refractivity contribution is -0.134. The Balaban J connectivity index is 1.26. The highest BCUT2D eigenvalue weighted by Crippen LogP contribution is 2.46. The van der Waals surface area contributed by atoms with E-state index in [-0.39, 0.29) is 0 Å². The second kappa shape index (κ2) is 6.60. The molecule has 4 aliphatic rings. The van der Waals surface area contributed by atoms with E-state index < -0.39 is 0 Å². The number of aromatic nitrogens is 3. The van der Waals surface area contributed by atoms with Crippen molar-refractivity contribution >= 4 is 17.7 Å². The molecule has 25 heavy (non-hydrogen) atoms. The number of carbonyl (C=O) groups is 1. The Bertz CT molecular complexity index is 650. The average Bonchev–Trinajstić information content (AvgIpc) is 3.58. The number of likely N-dealkylation sites (tertiary alicyclic amines) is 1. The molecule has 5 rings (SSSR count). The first-order chi connectivity index (χ1) is 12.3. The fourth-order valence-corrected chi connectivity index (χ4v) is 5.72. The summed E-state index contributed by atoms with van der Waals surface area (Å²) in [6.45, 7) is 0.962. The van der Waals surface area contributed by atoms with Crippen LogP contribution in [0.2, 0.25) is 0 Å². The fourth-order valence-electron chi connectivity index (χ4n) is 4.83. The molecule has 136 valence electrons. The number of hydrogen-bond acceptors (Lipinski definition) is 4. The molecule has 1 amide bonds. The van der Waals surface area contributed by atoms with Gasteiger partial charge in [0.05, 0.1) is 5.75 Å². The molecule has 0 spiro atoms. The molecule has 1 aromatic heterocycles. The normalized spacial score (nSPS) is 29.5. The van der Waals surface area contributed by atoms with E-state index in [1.807, 2.05) is 0 Å². The van der Waals surface area contributed by atoms with Gasteiger partial charge in [-0.25, -0.2) is 0 Å². The van der Waals surface area contributed by atoms with E-state index in [2.05, 4.69) is 19.7 Å². The van der Waals surface area contributed by atoms with Crippen molar-refractivity contribution in [3.8, 4) is 0 Å². The topological polar surface area (TPSA) is 51.0 Å². The van der Waals surface area contributed by atoms with Crippen LogP contribution in [0.3, 0.4) is 0 Å². The molecular weight excluding hydrogens is 332 g/mol. The Morgan fingerprint density at radius 1 is 1.00 bits per heavy atom. The third kappa shape index (κ3) is 3.22. The summed E-state index contributed by atoms with van der Waals surface area (Å²) in [7, 11) is 0. The maximum atomic E-state index is 12.9. The van der Waals surface area contributed by atoms with Gasteiger partial charge in [0.1, 0.15) is 5.82 Å². The van der Waals surface area contributed by atoms with Gasteiger partial charge in [0, 0.05) is 24.5 Å². The minimum atomic E-state index is 0.319. The molecule has 0 aromatic carbocycles. The number of carbonyl (C=O) groups excluding carboxylic acids is 1. The van der Waals surface area contributed by atoms with Crippen molar-refractivity contribution in [2.45, 2.75) is 87.4 Å². The lowest BCUT2D eigenvalue weighted by Crippen LogP contribution is -2.50. The van der Waals surface area contributed by atoms with Crippen molar-refractivity contribution in [3.05, 3.63) is 5.82 Å². The predicted octanol–water partition coefficient (Wildman–Crippen LogP) is 3.76. The largest absolute Gasteiger partial charge is 0.339 e. The molecule has 2 heterocycles. The number of fused-ring (bicyclic) bond motifs is 1. The van der Waals surface area contributed by atoms with Crippen LogP contribution in [0.15, 0.2) is 5.16 Å². The van der Waals surface area contributed by atoms with Crippen molar-refractivity contribution in [2.24, 2.45) is 5.92 Å². The summed E-state index contributed by atoms with van der Waals surface area (Å²) in [5, 5.41) is 9.89. The SMILES string of the molecule is O=C(CSc1nnc(C2CC2)n1C1CC1)N1CCC[C@@H]2CCCC[C@@H]21. The van der Waals surface area contributed by atoms with E-state index >= 15 is 0 Å². The molecular formula is C19H28N4OS. The Kier molecular flexibility index (Phi) is 4.27. The Morgan fingerprint density at radius 2 is 1.80 bits per heavy atom. The number of piperidine rings is 1. The van der Waals surface area contributed by atoms with Crippen molar-refractivity contribution in [1.29, 1.82) is 0 Å². The van der Waals surface area contributed by atoms with Gasteiger partial charge in [-0.15, -0.1) is 10.2 Å². The van der Waals surface area contributed by atoms with Crippen LogP contribution in [0.1, 0.15) is 82.0 Å². The fraction of sp³-hybridized carbons (Fsp3) is 0.842. The summed E-state index contributed by atoms with van der Waals surface area (Å²) in [6.07, 6.45) is 12.7. The van der Waals surface area contributed by atoms with E-state index in [9.17, 15) is 4.79 Å². The minimum absolute atomic E-state index is 0.319. The van der Waals surface area contributed by atoms with Gasteiger partial charge < -0.3 is 9.47 Å². The van der Waals surface area contributed by atoms with Gasteiger partial charge in [-0.2, -0.15) is 0 Å². The van der Waals surface area contributed by atoms with Gasteiger partial charge in [0.15, 0.2) is 5.16 Å². The molecule has 0 unspecified atom stereocenters. The zero-order valence-electron chi connectivity index (χ0n) is 14.9. The summed E-state index contributed by atoms with van der Waals surface area (Å²) in [5.41, 5.74) is 0. The summed E-state index contributed by atoms with van der Waals surface area (Å²) in [5.74, 6) is 3.41. The van der Waals surface area contributed by atoms with Gasteiger partial charge in [-0.3, -0.25) is 4.79 Å². The van der Waals surface area contributed by atoms with Gasteiger partial charge in [-0.05, 0) is 57.3 Å². The lowest BCUT2D eigenvalue weighted by atomic mass is 9.78. The molecule has 4 fully saturated rings. The molecule has 1 aromatic rings. The van der Waals surface area contributed by atoms with Crippen LogP contribution in [0.4, 0.5) is 0 Å². The number of rotatable bonds is 5. The van der Waals surface area contributed by atoms with E-state index in [0.29, 0.717) is 29.7 Å². The van der Waals surface area contributed by atoms with E-state index in [4.69, 9.17) is 0 Å². The first-order valence-electron chi connectivity index (χ1n) is 10.2. The van der Waals surface area contributed by atoms with Crippen molar-refractivity contribution in [3.63, 3.8) is 0 Å². The Morgan fingerprint density at radius 3 is 2.60 bits per heavy atom. The Hall–Kier alpha value is -1.04. The number of amides is 1. The molecule has 0 bridgehead atoms. The molecule has 6 heteroatoms. The van der Waals surface area contributed by atoms with Crippen LogP contribution in [0.5, 0.6) is 0 Å². The van der Waals surface area contributed by atoms with Crippen LogP contribution in [-0.4, -0.2) is 43.9 Å². The monoisotopic (exact) mass is 360 g/mol. The highest BCUT2D eigenvalue weighted by molar-refractivity contribution is 7.99. The maximum absolute atomic E-state index is 12.9. The summed E-state index contributed by atoms with van der Waals surface area (Å²) < 4.78 is 2.36. The van der Waals surface area contributed by atoms with Crippen molar-refractivity contribution in [2.75, 3.05) is 12.3 Å². The second-order valence-corrected chi connectivity index (χ2v) is 9.29. The van der Waals surface area contributed by atoms with Gasteiger partial charge in [-0.1, -0.05) is 24.6 Å². The molecule has 3 aliphatic carbocycles. The minimum Gasteiger partial charge on any atom is -0.339 e. The Labute approximate surface area is 153 Å². The second-order valence-electron chi connectivity index (χ2n) is 8.35. The predicted molar refractivity (Wildman–Crippen MR) is 97.7 cm³/mol. The lowest BCUT2D eigenvalue weighted by Gasteiger charge is -2.44.